The fourth-order valence-electron chi connectivity index (χ4n) is 1.30. The van der Waals surface area contributed by atoms with Gasteiger partial charge in [0.05, 0.1) is 33.4 Å². The lowest BCUT2D eigenvalue weighted by atomic mass is 10.1. The van der Waals surface area contributed by atoms with Gasteiger partial charge in [0, 0.05) is 0 Å². The number of hydroxylamine groups is 1. The van der Waals surface area contributed by atoms with Gasteiger partial charge in [-0.05, 0) is 12.1 Å². The molecule has 1 N–H and O–H groups in total. The molecule has 0 unspecified atom stereocenters. The Hall–Kier alpha value is -1.33. The molecule has 0 saturated carbocycles. The van der Waals surface area contributed by atoms with E-state index in [1.165, 1.54) is 27.4 Å². The van der Waals surface area contributed by atoms with E-state index in [0.29, 0.717) is 17.9 Å². The lowest BCUT2D eigenvalue weighted by Gasteiger charge is -2.13. The van der Waals surface area contributed by atoms with Crippen LogP contribution in [0.5, 0.6) is 11.5 Å². The average Bonchev–Trinajstić information content (AvgIpc) is 2.26. The Bertz CT molecular complexity index is 331. The highest BCUT2D eigenvalue weighted by Gasteiger charge is 2.14. The van der Waals surface area contributed by atoms with Crippen molar-refractivity contribution in [3.05, 3.63) is 23.5 Å². The molecule has 0 amide bonds. The summed E-state index contributed by atoms with van der Waals surface area (Å²) >= 11 is 0. The topological polar surface area (TPSA) is 39.7 Å². The molecule has 0 atom stereocenters. The summed E-state index contributed by atoms with van der Waals surface area (Å²) in [6.45, 7) is 0.306. The SMILES string of the molecule is CONCc1c(OC)ccc(F)c1OC. The van der Waals surface area contributed by atoms with E-state index in [0.717, 1.165) is 0 Å². The number of halogens is 1. The van der Waals surface area contributed by atoms with Gasteiger partial charge in [0.2, 0.25) is 0 Å². The minimum Gasteiger partial charge on any atom is -0.496 e. The van der Waals surface area contributed by atoms with Crippen molar-refractivity contribution < 1.29 is 18.7 Å². The van der Waals surface area contributed by atoms with Crippen molar-refractivity contribution in [1.82, 2.24) is 5.48 Å². The fraction of sp³-hybridized carbons (Fsp3) is 0.400. The Labute approximate surface area is 87.9 Å². The number of hydrogen-bond acceptors (Lipinski definition) is 4. The Morgan fingerprint density at radius 3 is 2.47 bits per heavy atom. The molecular weight excluding hydrogens is 201 g/mol. The third kappa shape index (κ3) is 2.57. The van der Waals surface area contributed by atoms with Crippen LogP contribution in [0.3, 0.4) is 0 Å². The van der Waals surface area contributed by atoms with E-state index in [2.05, 4.69) is 5.48 Å². The van der Waals surface area contributed by atoms with Gasteiger partial charge in [-0.1, -0.05) is 0 Å². The van der Waals surface area contributed by atoms with E-state index < -0.39 is 5.82 Å². The van der Waals surface area contributed by atoms with Gasteiger partial charge in [-0.2, -0.15) is 5.48 Å². The number of methoxy groups -OCH3 is 2. The van der Waals surface area contributed by atoms with Crippen LogP contribution in [0.2, 0.25) is 0 Å². The highest BCUT2D eigenvalue weighted by Crippen LogP contribution is 2.30. The second-order valence-electron chi connectivity index (χ2n) is 2.79. The zero-order chi connectivity index (χ0) is 11.3. The van der Waals surface area contributed by atoms with Crippen molar-refractivity contribution >= 4 is 0 Å². The van der Waals surface area contributed by atoms with Crippen LogP contribution in [-0.2, 0) is 11.4 Å². The van der Waals surface area contributed by atoms with Crippen LogP contribution in [-0.4, -0.2) is 21.3 Å². The van der Waals surface area contributed by atoms with Crippen LogP contribution < -0.4 is 15.0 Å². The molecular formula is C10H14FNO3. The lowest BCUT2D eigenvalue weighted by Crippen LogP contribution is -2.13. The third-order valence-corrected chi connectivity index (χ3v) is 1.99. The summed E-state index contributed by atoms with van der Waals surface area (Å²) in [7, 11) is 4.41. The number of hydrogen-bond donors (Lipinski definition) is 1. The summed E-state index contributed by atoms with van der Waals surface area (Å²) in [5.74, 6) is 0.294. The molecule has 0 radical (unpaired) electrons. The van der Waals surface area contributed by atoms with E-state index in [9.17, 15) is 4.39 Å². The van der Waals surface area contributed by atoms with Crippen molar-refractivity contribution in [2.45, 2.75) is 6.54 Å². The average molecular weight is 215 g/mol. The first-order chi connectivity index (χ1) is 7.24. The summed E-state index contributed by atoms with van der Waals surface area (Å²) in [6.07, 6.45) is 0. The zero-order valence-corrected chi connectivity index (χ0v) is 8.96. The molecule has 1 aromatic rings. The molecule has 1 rings (SSSR count). The Kier molecular flexibility index (Phi) is 4.33. The van der Waals surface area contributed by atoms with E-state index in [4.69, 9.17) is 14.3 Å². The van der Waals surface area contributed by atoms with Gasteiger partial charge in [-0.3, -0.25) is 0 Å². The molecule has 0 spiro atoms. The second kappa shape index (κ2) is 5.53. The summed E-state index contributed by atoms with van der Waals surface area (Å²) in [5.41, 5.74) is 3.20. The Morgan fingerprint density at radius 2 is 1.93 bits per heavy atom. The van der Waals surface area contributed by atoms with Gasteiger partial charge in [-0.15, -0.1) is 0 Å². The van der Waals surface area contributed by atoms with Crippen LogP contribution in [0.4, 0.5) is 4.39 Å². The predicted octanol–water partition coefficient (Wildman–Crippen LogP) is 1.49. The van der Waals surface area contributed by atoms with E-state index in [-0.39, 0.29) is 5.75 Å². The molecule has 0 aliphatic carbocycles. The fourth-order valence-corrected chi connectivity index (χ4v) is 1.30. The molecule has 4 nitrogen and oxygen atoms in total. The highest BCUT2D eigenvalue weighted by molar-refractivity contribution is 5.45. The third-order valence-electron chi connectivity index (χ3n) is 1.99. The van der Waals surface area contributed by atoms with E-state index >= 15 is 0 Å². The molecule has 0 fully saturated rings. The van der Waals surface area contributed by atoms with Crippen molar-refractivity contribution in [1.29, 1.82) is 0 Å². The maximum atomic E-state index is 13.3. The van der Waals surface area contributed by atoms with Crippen molar-refractivity contribution in [3.8, 4) is 11.5 Å². The van der Waals surface area contributed by atoms with Crippen LogP contribution in [0.25, 0.3) is 0 Å². The smallest absolute Gasteiger partial charge is 0.165 e. The monoisotopic (exact) mass is 215 g/mol. The van der Waals surface area contributed by atoms with Crippen LogP contribution in [0.1, 0.15) is 5.56 Å². The minimum atomic E-state index is -0.425. The summed E-state index contributed by atoms with van der Waals surface area (Å²) in [4.78, 5) is 4.70. The number of rotatable bonds is 5. The maximum absolute atomic E-state index is 13.3. The molecule has 0 aliphatic rings. The molecule has 0 bridgehead atoms. The van der Waals surface area contributed by atoms with Crippen LogP contribution in [0.15, 0.2) is 12.1 Å². The molecule has 0 heterocycles. The van der Waals surface area contributed by atoms with E-state index in [1.807, 2.05) is 0 Å². The minimum absolute atomic E-state index is 0.166. The summed E-state index contributed by atoms with van der Waals surface area (Å²) in [6, 6.07) is 2.85. The largest absolute Gasteiger partial charge is 0.496 e. The van der Waals surface area contributed by atoms with Crippen LogP contribution >= 0.6 is 0 Å². The van der Waals surface area contributed by atoms with Gasteiger partial charge < -0.3 is 14.3 Å². The molecule has 5 heteroatoms. The lowest BCUT2D eigenvalue weighted by molar-refractivity contribution is 0.0853. The number of nitrogens with one attached hydrogen (secondary N) is 1. The van der Waals surface area contributed by atoms with Crippen LogP contribution in [0, 0.1) is 5.82 Å². The van der Waals surface area contributed by atoms with Gasteiger partial charge in [0.15, 0.2) is 11.6 Å². The molecule has 0 aromatic heterocycles. The van der Waals surface area contributed by atoms with Crippen molar-refractivity contribution in [2.75, 3.05) is 21.3 Å². The number of benzene rings is 1. The zero-order valence-electron chi connectivity index (χ0n) is 8.96. The predicted molar refractivity (Wildman–Crippen MR) is 53.4 cm³/mol. The molecule has 0 saturated heterocycles. The second-order valence-corrected chi connectivity index (χ2v) is 2.79. The van der Waals surface area contributed by atoms with Crippen molar-refractivity contribution in [3.63, 3.8) is 0 Å². The quantitative estimate of drug-likeness (QED) is 0.755. The Balaban J connectivity index is 3.09. The normalized spacial score (nSPS) is 10.1. The van der Waals surface area contributed by atoms with E-state index in [1.54, 1.807) is 6.07 Å². The molecule has 84 valence electrons. The molecule has 0 aliphatic heterocycles. The first kappa shape index (κ1) is 11.7. The summed E-state index contributed by atoms with van der Waals surface area (Å²) in [5, 5.41) is 0. The maximum Gasteiger partial charge on any atom is 0.165 e. The molecule has 15 heavy (non-hydrogen) atoms. The Morgan fingerprint density at radius 1 is 1.20 bits per heavy atom. The van der Waals surface area contributed by atoms with Crippen molar-refractivity contribution in [2.24, 2.45) is 0 Å². The first-order valence-electron chi connectivity index (χ1n) is 4.39. The van der Waals surface area contributed by atoms with Gasteiger partial charge >= 0.3 is 0 Å². The summed E-state index contributed by atoms with van der Waals surface area (Å²) < 4.78 is 23.4. The first-order valence-corrected chi connectivity index (χ1v) is 4.39. The number of ether oxygens (including phenoxy) is 2. The van der Waals surface area contributed by atoms with Gasteiger partial charge in [0.1, 0.15) is 5.75 Å². The molecule has 1 aromatic carbocycles. The van der Waals surface area contributed by atoms with Gasteiger partial charge in [-0.25, -0.2) is 4.39 Å². The highest BCUT2D eigenvalue weighted by atomic mass is 19.1. The van der Waals surface area contributed by atoms with Gasteiger partial charge in [0.25, 0.3) is 0 Å². The standard InChI is InChI=1S/C10H14FNO3/c1-13-9-5-4-8(11)10(14-2)7(9)6-12-15-3/h4-5,12H,6H2,1-3H3.